The van der Waals surface area contributed by atoms with E-state index in [0.29, 0.717) is 30.4 Å². The van der Waals surface area contributed by atoms with Gasteiger partial charge >= 0.3 is 6.09 Å². The van der Waals surface area contributed by atoms with Crippen LogP contribution < -0.4 is 5.32 Å². The molecule has 1 aliphatic rings. The number of carbonyl (C=O) groups excluding carboxylic acids is 2. The van der Waals surface area contributed by atoms with E-state index < -0.39 is 0 Å². The number of carbonyl (C=O) groups is 2. The van der Waals surface area contributed by atoms with E-state index in [-0.39, 0.29) is 18.4 Å². The van der Waals surface area contributed by atoms with Crippen LogP contribution in [0.4, 0.5) is 10.5 Å². The molecular weight excluding hydrogens is 280 g/mol. The number of amides is 2. The number of benzene rings is 1. The van der Waals surface area contributed by atoms with Crippen LogP contribution in [0.5, 0.6) is 0 Å². The minimum Gasteiger partial charge on any atom is -0.448 e. The van der Waals surface area contributed by atoms with Crippen molar-refractivity contribution < 1.29 is 14.3 Å². The van der Waals surface area contributed by atoms with Crippen molar-refractivity contribution in [2.45, 2.75) is 20.3 Å². The Morgan fingerprint density at radius 2 is 2.20 bits per heavy atom. The molecule has 1 saturated heterocycles. The second kappa shape index (κ2) is 6.13. The molecule has 108 valence electrons. The standard InChI is InChI=1S/C14H17ClN2O3/c1-9-7-10(2)13(11(15)8-9)16-12(18)3-4-17-5-6-20-14(17)19/h7-8H,3-6H2,1-2H3,(H,16,18). The summed E-state index contributed by atoms with van der Waals surface area (Å²) in [5, 5.41) is 3.32. The zero-order valence-corrected chi connectivity index (χ0v) is 12.3. The summed E-state index contributed by atoms with van der Waals surface area (Å²) < 4.78 is 4.80. The van der Waals surface area contributed by atoms with Crippen LogP contribution >= 0.6 is 11.6 Å². The molecular formula is C14H17ClN2O3. The molecule has 1 fully saturated rings. The number of halogens is 1. The van der Waals surface area contributed by atoms with Crippen molar-refractivity contribution in [2.24, 2.45) is 0 Å². The second-order valence-electron chi connectivity index (χ2n) is 4.84. The molecule has 5 nitrogen and oxygen atoms in total. The zero-order valence-electron chi connectivity index (χ0n) is 11.5. The SMILES string of the molecule is Cc1cc(C)c(NC(=O)CCN2CCOC2=O)c(Cl)c1. The van der Waals surface area contributed by atoms with Crippen LogP contribution in [-0.4, -0.2) is 36.6 Å². The van der Waals surface area contributed by atoms with Crippen molar-refractivity contribution in [3.05, 3.63) is 28.3 Å². The molecule has 1 aromatic rings. The van der Waals surface area contributed by atoms with Gasteiger partial charge in [0.05, 0.1) is 17.3 Å². The summed E-state index contributed by atoms with van der Waals surface area (Å²) in [6.07, 6.45) is -0.138. The summed E-state index contributed by atoms with van der Waals surface area (Å²) in [4.78, 5) is 24.7. The molecule has 20 heavy (non-hydrogen) atoms. The van der Waals surface area contributed by atoms with Crippen molar-refractivity contribution >= 4 is 29.3 Å². The lowest BCUT2D eigenvalue weighted by Gasteiger charge is -2.14. The van der Waals surface area contributed by atoms with Gasteiger partial charge in [0.15, 0.2) is 0 Å². The smallest absolute Gasteiger partial charge is 0.409 e. The van der Waals surface area contributed by atoms with Gasteiger partial charge in [-0.05, 0) is 31.0 Å². The Balaban J connectivity index is 1.93. The highest BCUT2D eigenvalue weighted by atomic mass is 35.5. The summed E-state index contributed by atoms with van der Waals surface area (Å²) in [5.41, 5.74) is 2.60. The highest BCUT2D eigenvalue weighted by molar-refractivity contribution is 6.34. The van der Waals surface area contributed by atoms with E-state index in [1.54, 1.807) is 0 Å². The normalized spacial score (nSPS) is 14.3. The summed E-state index contributed by atoms with van der Waals surface area (Å²) in [5.74, 6) is -0.168. The Hall–Kier alpha value is -1.75. The molecule has 0 aliphatic carbocycles. The van der Waals surface area contributed by atoms with Gasteiger partial charge in [-0.2, -0.15) is 0 Å². The van der Waals surface area contributed by atoms with Gasteiger partial charge in [0.1, 0.15) is 6.61 Å². The molecule has 0 saturated carbocycles. The van der Waals surface area contributed by atoms with Crippen molar-refractivity contribution in [2.75, 3.05) is 25.0 Å². The van der Waals surface area contributed by atoms with Crippen molar-refractivity contribution in [3.63, 3.8) is 0 Å². The van der Waals surface area contributed by atoms with E-state index in [0.717, 1.165) is 11.1 Å². The number of rotatable bonds is 4. The Labute approximate surface area is 122 Å². The number of aryl methyl sites for hydroxylation is 2. The quantitative estimate of drug-likeness (QED) is 0.929. The summed E-state index contributed by atoms with van der Waals surface area (Å²) in [6, 6.07) is 3.77. The fourth-order valence-electron chi connectivity index (χ4n) is 2.14. The van der Waals surface area contributed by atoms with Crippen LogP contribution in [0.2, 0.25) is 5.02 Å². The highest BCUT2D eigenvalue weighted by Crippen LogP contribution is 2.27. The number of ether oxygens (including phenoxy) is 1. The second-order valence-corrected chi connectivity index (χ2v) is 5.25. The predicted molar refractivity (Wildman–Crippen MR) is 77.1 cm³/mol. The fraction of sp³-hybridized carbons (Fsp3) is 0.429. The Kier molecular flexibility index (Phi) is 4.49. The fourth-order valence-corrected chi connectivity index (χ4v) is 2.51. The average Bonchev–Trinajstić information content (AvgIpc) is 2.77. The molecule has 6 heteroatoms. The molecule has 1 aromatic carbocycles. The Morgan fingerprint density at radius 3 is 2.80 bits per heavy atom. The van der Waals surface area contributed by atoms with Gasteiger partial charge in [0.25, 0.3) is 0 Å². The van der Waals surface area contributed by atoms with Crippen LogP contribution in [0.1, 0.15) is 17.5 Å². The predicted octanol–water partition coefficient (Wildman–Crippen LogP) is 2.74. The topological polar surface area (TPSA) is 58.6 Å². The van der Waals surface area contributed by atoms with E-state index >= 15 is 0 Å². The Bertz CT molecular complexity index is 522. The average molecular weight is 297 g/mol. The largest absolute Gasteiger partial charge is 0.448 e. The first-order valence-electron chi connectivity index (χ1n) is 6.45. The third-order valence-corrected chi connectivity index (χ3v) is 3.45. The van der Waals surface area contributed by atoms with E-state index in [2.05, 4.69) is 5.32 Å². The lowest BCUT2D eigenvalue weighted by atomic mass is 10.1. The maximum absolute atomic E-state index is 11.9. The van der Waals surface area contributed by atoms with Crippen molar-refractivity contribution in [1.82, 2.24) is 4.90 Å². The molecule has 0 unspecified atom stereocenters. The van der Waals surface area contributed by atoms with Gasteiger partial charge in [0, 0.05) is 13.0 Å². The van der Waals surface area contributed by atoms with Gasteiger partial charge in [-0.25, -0.2) is 4.79 Å². The zero-order chi connectivity index (χ0) is 14.7. The number of hydrogen-bond acceptors (Lipinski definition) is 3. The maximum atomic E-state index is 11.9. The molecule has 2 amide bonds. The molecule has 0 spiro atoms. The first-order valence-corrected chi connectivity index (χ1v) is 6.83. The van der Waals surface area contributed by atoms with E-state index in [4.69, 9.17) is 16.3 Å². The van der Waals surface area contributed by atoms with Gasteiger partial charge in [-0.3, -0.25) is 4.79 Å². The van der Waals surface area contributed by atoms with Crippen LogP contribution in [0.25, 0.3) is 0 Å². The molecule has 1 heterocycles. The lowest BCUT2D eigenvalue weighted by Crippen LogP contribution is -2.28. The monoisotopic (exact) mass is 296 g/mol. The van der Waals surface area contributed by atoms with Gasteiger partial charge in [0.2, 0.25) is 5.91 Å². The van der Waals surface area contributed by atoms with Crippen molar-refractivity contribution in [3.8, 4) is 0 Å². The minimum atomic E-state index is -0.359. The molecule has 2 rings (SSSR count). The minimum absolute atomic E-state index is 0.168. The maximum Gasteiger partial charge on any atom is 0.409 e. The number of nitrogens with one attached hydrogen (secondary N) is 1. The van der Waals surface area contributed by atoms with Gasteiger partial charge in [-0.1, -0.05) is 17.7 Å². The van der Waals surface area contributed by atoms with Crippen LogP contribution in [0.15, 0.2) is 12.1 Å². The first kappa shape index (κ1) is 14.7. The van der Waals surface area contributed by atoms with Gasteiger partial charge < -0.3 is 15.0 Å². The first-order chi connectivity index (χ1) is 9.47. The third kappa shape index (κ3) is 3.42. The molecule has 0 bridgehead atoms. The summed E-state index contributed by atoms with van der Waals surface area (Å²) >= 11 is 6.13. The Morgan fingerprint density at radius 1 is 1.45 bits per heavy atom. The van der Waals surface area contributed by atoms with E-state index in [9.17, 15) is 9.59 Å². The molecule has 0 aromatic heterocycles. The van der Waals surface area contributed by atoms with Crippen LogP contribution in [0.3, 0.4) is 0 Å². The van der Waals surface area contributed by atoms with Crippen molar-refractivity contribution in [1.29, 1.82) is 0 Å². The number of cyclic esters (lactones) is 1. The lowest BCUT2D eigenvalue weighted by molar-refractivity contribution is -0.116. The van der Waals surface area contributed by atoms with Gasteiger partial charge in [-0.15, -0.1) is 0 Å². The van der Waals surface area contributed by atoms with E-state index in [1.807, 2.05) is 26.0 Å². The van der Waals surface area contributed by atoms with Crippen LogP contribution in [0, 0.1) is 13.8 Å². The number of anilines is 1. The van der Waals surface area contributed by atoms with Crippen LogP contribution in [-0.2, 0) is 9.53 Å². The highest BCUT2D eigenvalue weighted by Gasteiger charge is 2.22. The third-order valence-electron chi connectivity index (χ3n) is 3.15. The summed E-state index contributed by atoms with van der Waals surface area (Å²) in [6.45, 7) is 5.13. The number of hydrogen-bond donors (Lipinski definition) is 1. The molecule has 0 radical (unpaired) electrons. The number of nitrogens with zero attached hydrogens (tertiary/aromatic N) is 1. The molecule has 1 aliphatic heterocycles. The summed E-state index contributed by atoms with van der Waals surface area (Å²) in [7, 11) is 0. The molecule has 1 N–H and O–H groups in total. The van der Waals surface area contributed by atoms with E-state index in [1.165, 1.54) is 4.90 Å². The molecule has 0 atom stereocenters.